The van der Waals surface area contributed by atoms with Crippen molar-refractivity contribution >= 4 is 6.29 Å². The van der Waals surface area contributed by atoms with E-state index in [0.29, 0.717) is 41.3 Å². The lowest BCUT2D eigenvalue weighted by molar-refractivity contribution is -0.109. The van der Waals surface area contributed by atoms with Crippen molar-refractivity contribution in [2.24, 2.45) is 11.8 Å². The van der Waals surface area contributed by atoms with Crippen molar-refractivity contribution in [2.45, 2.75) is 38.5 Å². The molecule has 0 spiro atoms. The molecular weight excluding hydrogens is 672 g/mol. The third-order valence-electron chi connectivity index (χ3n) is 9.14. The van der Waals surface area contributed by atoms with E-state index in [0.717, 1.165) is 62.3 Å². The summed E-state index contributed by atoms with van der Waals surface area (Å²) in [5.41, 5.74) is 6.10. The fourth-order valence-corrected chi connectivity index (χ4v) is 5.89. The first kappa shape index (κ1) is 40.1. The first-order chi connectivity index (χ1) is 25.8. The highest BCUT2D eigenvalue weighted by Gasteiger charge is 2.30. The number of nitrogens with zero attached hydrogens (tertiary/aromatic N) is 7. The van der Waals surface area contributed by atoms with Crippen LogP contribution in [-0.4, -0.2) is 92.3 Å². The predicted octanol–water partition coefficient (Wildman–Crippen LogP) is 4.64. The summed E-state index contributed by atoms with van der Waals surface area (Å²) in [5, 5.41) is 20.1. The Morgan fingerprint density at radius 1 is 0.736 bits per heavy atom. The van der Waals surface area contributed by atoms with Gasteiger partial charge in [0.1, 0.15) is 18.9 Å². The van der Waals surface area contributed by atoms with Crippen LogP contribution in [0.2, 0.25) is 0 Å². The lowest BCUT2D eigenvalue weighted by atomic mass is 9.90. The largest absolute Gasteiger partial charge is 0.490 e. The van der Waals surface area contributed by atoms with Gasteiger partial charge in [-0.2, -0.15) is 20.5 Å². The highest BCUT2D eigenvalue weighted by molar-refractivity contribution is 5.63. The van der Waals surface area contributed by atoms with Crippen LogP contribution in [0.3, 0.4) is 0 Å². The summed E-state index contributed by atoms with van der Waals surface area (Å²) >= 11 is 0. The van der Waals surface area contributed by atoms with Gasteiger partial charge in [-0.15, -0.1) is 0 Å². The molecule has 13 heteroatoms. The van der Waals surface area contributed by atoms with E-state index in [2.05, 4.69) is 73.5 Å². The van der Waals surface area contributed by atoms with Crippen LogP contribution in [0.15, 0.2) is 61.2 Å². The Labute approximate surface area is 311 Å². The normalized spacial score (nSPS) is 14.9. The van der Waals surface area contributed by atoms with Crippen molar-refractivity contribution in [1.82, 2.24) is 30.2 Å². The number of benzene rings is 2. The van der Waals surface area contributed by atoms with E-state index >= 15 is 0 Å². The van der Waals surface area contributed by atoms with Gasteiger partial charge in [0.25, 0.3) is 11.8 Å². The number of hydrogen-bond donors (Lipinski definition) is 1. The molecule has 0 radical (unpaired) electrons. The zero-order valence-corrected chi connectivity index (χ0v) is 31.3. The van der Waals surface area contributed by atoms with E-state index in [-0.39, 0.29) is 17.8 Å². The minimum atomic E-state index is -0.279. The summed E-state index contributed by atoms with van der Waals surface area (Å²) in [5.74, 6) is 2.32. The van der Waals surface area contributed by atoms with Gasteiger partial charge in [0.15, 0.2) is 0 Å². The number of rotatable bonds is 13. The number of hydrogen-bond acceptors (Lipinski definition) is 13. The fourth-order valence-electron chi connectivity index (χ4n) is 5.89. The number of nitrogens with one attached hydrogen (secondary N) is 1. The number of carbonyl (C=O) groups excluding carboxylic acids is 1. The van der Waals surface area contributed by atoms with E-state index in [4.69, 9.17) is 29.5 Å². The molecule has 0 aliphatic carbocycles. The van der Waals surface area contributed by atoms with Crippen LogP contribution in [0.1, 0.15) is 45.5 Å². The zero-order chi connectivity index (χ0) is 38.2. The lowest BCUT2D eigenvalue weighted by Gasteiger charge is -2.38. The summed E-state index contributed by atoms with van der Waals surface area (Å²) in [6.45, 7) is 8.46. The highest BCUT2D eigenvalue weighted by Crippen LogP contribution is 2.33. The van der Waals surface area contributed by atoms with Crippen LogP contribution in [-0.2, 0) is 17.6 Å². The highest BCUT2D eigenvalue weighted by atomic mass is 16.5. The second-order valence-corrected chi connectivity index (χ2v) is 12.9. The Balaban J connectivity index is 0.000000207. The number of ether oxygens (including phenoxy) is 4. The Morgan fingerprint density at radius 3 is 1.62 bits per heavy atom. The van der Waals surface area contributed by atoms with E-state index in [9.17, 15) is 4.79 Å². The summed E-state index contributed by atoms with van der Waals surface area (Å²) < 4.78 is 21.2. The van der Waals surface area contributed by atoms with Gasteiger partial charge in [-0.1, -0.05) is 59.7 Å². The minimum absolute atomic E-state index is 0.155. The van der Waals surface area contributed by atoms with Gasteiger partial charge < -0.3 is 34.0 Å². The maximum Gasteiger partial charge on any atom is 0.260 e. The molecule has 2 atom stereocenters. The van der Waals surface area contributed by atoms with Crippen LogP contribution in [0, 0.1) is 48.3 Å². The zero-order valence-electron chi connectivity index (χ0n) is 31.3. The number of methoxy groups -OCH3 is 4. The molecule has 13 nitrogen and oxygen atoms in total. The molecule has 2 saturated heterocycles. The van der Waals surface area contributed by atoms with Crippen LogP contribution >= 0.6 is 0 Å². The second-order valence-electron chi connectivity index (χ2n) is 12.9. The minimum Gasteiger partial charge on any atom is -0.490 e. The van der Waals surface area contributed by atoms with Gasteiger partial charge in [-0.05, 0) is 25.0 Å². The Morgan fingerprint density at radius 2 is 1.23 bits per heavy atom. The summed E-state index contributed by atoms with van der Waals surface area (Å²) in [6, 6.07) is 21.0. The number of likely N-dealkylation sites (tertiary alicyclic amines) is 1. The molecule has 0 bridgehead atoms. The second kappa shape index (κ2) is 20.4. The van der Waals surface area contributed by atoms with E-state index < -0.39 is 0 Å². The summed E-state index contributed by atoms with van der Waals surface area (Å²) in [4.78, 5) is 30.5. The molecule has 0 saturated carbocycles. The monoisotopic (exact) mass is 720 g/mol. The molecule has 53 heavy (non-hydrogen) atoms. The first-order valence-corrected chi connectivity index (χ1v) is 17.4. The molecule has 1 N–H and O–H groups in total. The standard InChI is InChI=1S/C20H24N4O2.C16H18N2O3.C4H6N2/c1-14-4-6-16(7-5-14)17(12-24-10-15(9-21)11-24)8-18-19(25-2)20(26-3)23-13-22-18;1-11-4-6-12(7-5-11)13(9-19)8-14-15(20-2)16(21-3)18-10-17-14;5-1-4-2-6-3-4/h4-7,13,15,17H,8,10-12H2,1-3H3;4-7,9-10,13H,8H2,1-3H3;4,6H,2-3H2/t17-;13-;/m11./s1. The van der Waals surface area contributed by atoms with Crippen molar-refractivity contribution in [2.75, 3.05) is 61.2 Å². The molecule has 2 aliphatic rings. The Kier molecular flexibility index (Phi) is 15.5. The van der Waals surface area contributed by atoms with Crippen LogP contribution in [0.5, 0.6) is 23.3 Å². The average molecular weight is 721 g/mol. The molecule has 0 amide bonds. The van der Waals surface area contributed by atoms with Crippen molar-refractivity contribution in [3.63, 3.8) is 0 Å². The quantitative estimate of drug-likeness (QED) is 0.190. The van der Waals surface area contributed by atoms with Gasteiger partial charge in [-0.25, -0.2) is 9.97 Å². The molecule has 2 aliphatic heterocycles. The first-order valence-electron chi connectivity index (χ1n) is 17.4. The third-order valence-corrected chi connectivity index (χ3v) is 9.14. The number of carbonyl (C=O) groups is 1. The lowest BCUT2D eigenvalue weighted by Crippen LogP contribution is -2.47. The summed E-state index contributed by atoms with van der Waals surface area (Å²) in [7, 11) is 6.24. The molecule has 4 heterocycles. The van der Waals surface area contributed by atoms with Crippen LogP contribution in [0.25, 0.3) is 0 Å². The molecule has 278 valence electrons. The summed E-state index contributed by atoms with van der Waals surface area (Å²) in [6.07, 6.45) is 5.01. The van der Waals surface area contributed by atoms with Gasteiger partial charge in [0.05, 0.1) is 63.8 Å². The number of aromatic nitrogens is 4. The van der Waals surface area contributed by atoms with Crippen molar-refractivity contribution in [3.05, 3.63) is 94.8 Å². The van der Waals surface area contributed by atoms with Crippen molar-refractivity contribution in [3.8, 4) is 35.4 Å². The molecule has 2 aromatic heterocycles. The van der Waals surface area contributed by atoms with Crippen LogP contribution < -0.4 is 24.3 Å². The fraction of sp³-hybridized carbons (Fsp3) is 0.425. The van der Waals surface area contributed by atoms with Gasteiger partial charge >= 0.3 is 0 Å². The van der Waals surface area contributed by atoms with Gasteiger partial charge in [0.2, 0.25) is 11.5 Å². The van der Waals surface area contributed by atoms with Crippen LogP contribution in [0.4, 0.5) is 0 Å². The molecular formula is C40H48N8O5. The Hall–Kier alpha value is -5.63. The molecule has 0 unspecified atom stereocenters. The number of nitriles is 2. The average Bonchev–Trinajstić information content (AvgIpc) is 3.15. The number of aryl methyl sites for hydroxylation is 2. The molecule has 4 aromatic rings. The van der Waals surface area contributed by atoms with Crippen molar-refractivity contribution in [1.29, 1.82) is 10.5 Å². The van der Waals surface area contributed by atoms with E-state index in [1.165, 1.54) is 38.0 Å². The maximum absolute atomic E-state index is 11.4. The Bertz CT molecular complexity index is 1830. The molecule has 2 aromatic carbocycles. The van der Waals surface area contributed by atoms with Gasteiger partial charge in [-0.3, -0.25) is 0 Å². The molecule has 6 rings (SSSR count). The number of aldehydes is 1. The smallest absolute Gasteiger partial charge is 0.260 e. The van der Waals surface area contributed by atoms with E-state index in [1.54, 1.807) is 14.2 Å². The van der Waals surface area contributed by atoms with Crippen molar-refractivity contribution < 1.29 is 23.7 Å². The third kappa shape index (κ3) is 11.2. The topological polar surface area (TPSA) is 168 Å². The molecule has 2 fully saturated rings. The van der Waals surface area contributed by atoms with Gasteiger partial charge in [0, 0.05) is 57.4 Å². The predicted molar refractivity (Wildman–Crippen MR) is 199 cm³/mol. The maximum atomic E-state index is 11.4. The van der Waals surface area contributed by atoms with E-state index in [1.807, 2.05) is 31.2 Å². The SMILES string of the molecule is COc1ncnc(C[C@H](C=O)c2ccc(C)cc2)c1OC.COc1ncnc(C[C@H](CN2CC(C#N)C2)c2ccc(C)cc2)c1OC.N#CC1CNC1.